The standard InChI is InChI=1S/C20H29N3O3S.ClH/c24-18(22-8-10-26-11-9-22)1-2-19(25)23(14-16-3-12-27-15-16)17-13-20(17)4-6-21-7-5-20;/h3,12,15,17,21H,1-2,4-11,13-14H2;1H. The van der Waals surface area contributed by atoms with Gasteiger partial charge in [-0.25, -0.2) is 0 Å². The molecular formula is C20H30ClN3O3S. The maximum Gasteiger partial charge on any atom is 0.223 e. The molecule has 1 spiro atoms. The Morgan fingerprint density at radius 2 is 2.00 bits per heavy atom. The number of carbonyl (C=O) groups is 2. The van der Waals surface area contributed by atoms with Gasteiger partial charge in [0.25, 0.3) is 0 Å². The lowest BCUT2D eigenvalue weighted by molar-refractivity contribution is -0.140. The second kappa shape index (κ2) is 9.57. The smallest absolute Gasteiger partial charge is 0.223 e. The third-order valence-electron chi connectivity index (χ3n) is 6.29. The molecule has 0 radical (unpaired) electrons. The van der Waals surface area contributed by atoms with Gasteiger partial charge in [0.05, 0.1) is 13.2 Å². The van der Waals surface area contributed by atoms with Gasteiger partial charge in [0.2, 0.25) is 11.8 Å². The van der Waals surface area contributed by atoms with Gasteiger partial charge >= 0.3 is 0 Å². The van der Waals surface area contributed by atoms with Crippen molar-refractivity contribution in [3.8, 4) is 0 Å². The number of amides is 2. The molecule has 1 unspecified atom stereocenters. The average molecular weight is 428 g/mol. The molecule has 8 heteroatoms. The quantitative estimate of drug-likeness (QED) is 0.756. The van der Waals surface area contributed by atoms with Crippen molar-refractivity contribution in [1.82, 2.24) is 15.1 Å². The van der Waals surface area contributed by atoms with Crippen LogP contribution in [0.5, 0.6) is 0 Å². The van der Waals surface area contributed by atoms with Gasteiger partial charge in [-0.2, -0.15) is 11.3 Å². The van der Waals surface area contributed by atoms with Gasteiger partial charge in [-0.15, -0.1) is 12.4 Å². The van der Waals surface area contributed by atoms with Gasteiger partial charge in [0.1, 0.15) is 0 Å². The van der Waals surface area contributed by atoms with Gasteiger partial charge < -0.3 is 19.9 Å². The Balaban J connectivity index is 0.00000225. The van der Waals surface area contributed by atoms with Crippen molar-refractivity contribution in [2.75, 3.05) is 39.4 Å². The Morgan fingerprint density at radius 3 is 2.68 bits per heavy atom. The highest BCUT2D eigenvalue weighted by Gasteiger charge is 2.57. The van der Waals surface area contributed by atoms with Crippen LogP contribution in [0.4, 0.5) is 0 Å². The minimum Gasteiger partial charge on any atom is -0.378 e. The minimum absolute atomic E-state index is 0. The summed E-state index contributed by atoms with van der Waals surface area (Å²) in [6.07, 6.45) is 4.03. The highest BCUT2D eigenvalue weighted by Crippen LogP contribution is 2.56. The summed E-state index contributed by atoms with van der Waals surface area (Å²) in [5, 5.41) is 7.61. The number of morpholine rings is 1. The molecule has 3 heterocycles. The van der Waals surface area contributed by atoms with E-state index in [0.717, 1.165) is 32.4 Å². The van der Waals surface area contributed by atoms with Crippen LogP contribution in [0.25, 0.3) is 0 Å². The van der Waals surface area contributed by atoms with Crippen LogP contribution in [0.3, 0.4) is 0 Å². The average Bonchev–Trinajstić information content (AvgIpc) is 3.14. The maximum atomic E-state index is 13.1. The normalized spacial score (nSPS) is 23.1. The molecule has 1 saturated carbocycles. The highest BCUT2D eigenvalue weighted by molar-refractivity contribution is 7.07. The molecule has 3 fully saturated rings. The number of rotatable bonds is 6. The Bertz CT molecular complexity index is 658. The molecule has 0 aromatic carbocycles. The predicted octanol–water partition coefficient (Wildman–Crippen LogP) is 2.28. The molecule has 1 aromatic heterocycles. The summed E-state index contributed by atoms with van der Waals surface area (Å²) in [5.41, 5.74) is 1.51. The summed E-state index contributed by atoms with van der Waals surface area (Å²) in [6, 6.07) is 2.44. The van der Waals surface area contributed by atoms with Crippen LogP contribution >= 0.6 is 23.7 Å². The van der Waals surface area contributed by atoms with Crippen LogP contribution in [-0.4, -0.2) is 67.0 Å². The molecule has 28 heavy (non-hydrogen) atoms. The van der Waals surface area contributed by atoms with Crippen LogP contribution in [-0.2, 0) is 20.9 Å². The van der Waals surface area contributed by atoms with Crippen molar-refractivity contribution in [1.29, 1.82) is 0 Å². The van der Waals surface area contributed by atoms with Gasteiger partial charge in [-0.3, -0.25) is 9.59 Å². The summed E-state index contributed by atoms with van der Waals surface area (Å²) < 4.78 is 5.30. The monoisotopic (exact) mass is 427 g/mol. The van der Waals surface area contributed by atoms with E-state index in [1.54, 1.807) is 11.3 Å². The van der Waals surface area contributed by atoms with E-state index in [2.05, 4.69) is 27.0 Å². The van der Waals surface area contributed by atoms with Crippen LogP contribution in [0.15, 0.2) is 16.8 Å². The largest absolute Gasteiger partial charge is 0.378 e. The number of carbonyl (C=O) groups excluding carboxylic acids is 2. The zero-order chi connectivity index (χ0) is 18.7. The molecule has 0 bridgehead atoms. The van der Waals surface area contributed by atoms with Crippen LogP contribution in [0, 0.1) is 5.41 Å². The first-order valence-electron chi connectivity index (χ1n) is 10.0. The molecule has 1 aliphatic carbocycles. The van der Waals surface area contributed by atoms with Crippen LogP contribution in [0.2, 0.25) is 0 Å². The molecule has 1 atom stereocenters. The third kappa shape index (κ3) is 4.87. The van der Waals surface area contributed by atoms with E-state index in [0.29, 0.717) is 57.1 Å². The maximum absolute atomic E-state index is 13.1. The van der Waals surface area contributed by atoms with Gasteiger partial charge in [0, 0.05) is 38.5 Å². The van der Waals surface area contributed by atoms with Crippen molar-refractivity contribution in [3.63, 3.8) is 0 Å². The van der Waals surface area contributed by atoms with E-state index in [1.807, 2.05) is 4.90 Å². The number of hydrogen-bond donors (Lipinski definition) is 1. The molecule has 1 aromatic rings. The summed E-state index contributed by atoms with van der Waals surface area (Å²) in [7, 11) is 0. The summed E-state index contributed by atoms with van der Waals surface area (Å²) in [6.45, 7) is 5.26. The number of ether oxygens (including phenoxy) is 1. The Kier molecular flexibility index (Phi) is 7.36. The molecule has 4 rings (SSSR count). The number of nitrogens with one attached hydrogen (secondary N) is 1. The fourth-order valence-corrected chi connectivity index (χ4v) is 5.17. The van der Waals surface area contributed by atoms with Crippen molar-refractivity contribution in [3.05, 3.63) is 22.4 Å². The molecular weight excluding hydrogens is 398 g/mol. The highest BCUT2D eigenvalue weighted by atomic mass is 35.5. The molecule has 1 N–H and O–H groups in total. The zero-order valence-electron chi connectivity index (χ0n) is 16.2. The van der Waals surface area contributed by atoms with E-state index in [-0.39, 0.29) is 24.2 Å². The van der Waals surface area contributed by atoms with E-state index in [1.165, 1.54) is 5.56 Å². The van der Waals surface area contributed by atoms with E-state index >= 15 is 0 Å². The molecule has 2 aliphatic heterocycles. The van der Waals surface area contributed by atoms with Crippen molar-refractivity contribution in [2.45, 2.75) is 44.7 Å². The minimum atomic E-state index is 0. The summed E-state index contributed by atoms with van der Waals surface area (Å²) in [4.78, 5) is 29.4. The number of nitrogens with zero attached hydrogens (tertiary/aromatic N) is 2. The second-order valence-electron chi connectivity index (χ2n) is 7.98. The summed E-state index contributed by atoms with van der Waals surface area (Å²) in [5.74, 6) is 0.206. The Labute approximate surface area is 177 Å². The molecule has 6 nitrogen and oxygen atoms in total. The van der Waals surface area contributed by atoms with Crippen molar-refractivity contribution < 1.29 is 14.3 Å². The number of hydrogen-bond acceptors (Lipinski definition) is 5. The van der Waals surface area contributed by atoms with E-state index in [4.69, 9.17) is 4.74 Å². The molecule has 2 saturated heterocycles. The van der Waals surface area contributed by atoms with E-state index < -0.39 is 0 Å². The lowest BCUT2D eigenvalue weighted by Crippen LogP contribution is -2.42. The molecule has 2 amide bonds. The fraction of sp³-hybridized carbons (Fsp3) is 0.700. The Hall–Kier alpha value is -1.15. The molecule has 3 aliphatic rings. The Morgan fingerprint density at radius 1 is 1.25 bits per heavy atom. The number of piperidine rings is 1. The topological polar surface area (TPSA) is 61.9 Å². The fourth-order valence-electron chi connectivity index (χ4n) is 4.51. The lowest BCUT2D eigenvalue weighted by atomic mass is 9.93. The lowest BCUT2D eigenvalue weighted by Gasteiger charge is -2.30. The van der Waals surface area contributed by atoms with Gasteiger partial charge in [-0.05, 0) is 60.2 Å². The number of halogens is 1. The van der Waals surface area contributed by atoms with Crippen molar-refractivity contribution in [2.24, 2.45) is 5.41 Å². The number of thiophene rings is 1. The SMILES string of the molecule is Cl.O=C(CCC(=O)N(Cc1ccsc1)C1CC12CCNCC2)N1CCOCC1. The third-order valence-corrected chi connectivity index (χ3v) is 7.02. The van der Waals surface area contributed by atoms with Crippen molar-refractivity contribution >= 4 is 35.6 Å². The summed E-state index contributed by atoms with van der Waals surface area (Å²) >= 11 is 1.67. The first-order valence-corrected chi connectivity index (χ1v) is 11.0. The zero-order valence-corrected chi connectivity index (χ0v) is 17.9. The van der Waals surface area contributed by atoms with Gasteiger partial charge in [0.15, 0.2) is 0 Å². The first kappa shape index (κ1) is 21.6. The van der Waals surface area contributed by atoms with Gasteiger partial charge in [-0.1, -0.05) is 0 Å². The van der Waals surface area contributed by atoms with Crippen LogP contribution < -0.4 is 5.32 Å². The predicted molar refractivity (Wildman–Crippen MR) is 112 cm³/mol. The molecule has 156 valence electrons. The first-order chi connectivity index (χ1) is 13.2. The van der Waals surface area contributed by atoms with E-state index in [9.17, 15) is 9.59 Å². The van der Waals surface area contributed by atoms with Crippen LogP contribution in [0.1, 0.15) is 37.7 Å². The second-order valence-corrected chi connectivity index (χ2v) is 8.76.